The molecule has 0 radical (unpaired) electrons. The number of nitrogens with zero attached hydrogens (tertiary/aromatic N) is 1. The molecule has 4 nitrogen and oxygen atoms in total. The molecule has 0 unspecified atom stereocenters. The van der Waals surface area contributed by atoms with Crippen LogP contribution in [0.2, 0.25) is 0 Å². The second-order valence-electron chi connectivity index (χ2n) is 4.89. The number of aromatic hydroxyl groups is 1. The van der Waals surface area contributed by atoms with Gasteiger partial charge in [-0.25, -0.2) is 0 Å². The number of rotatable bonds is 5. The minimum absolute atomic E-state index is 0.0100. The number of benzene rings is 1. The summed E-state index contributed by atoms with van der Waals surface area (Å²) in [5, 5.41) is 13.2. The average molecular weight is 272 g/mol. The molecular formula is C16H20N2O2. The first-order chi connectivity index (χ1) is 9.61. The Morgan fingerprint density at radius 1 is 1.25 bits per heavy atom. The van der Waals surface area contributed by atoms with Crippen LogP contribution in [0.4, 0.5) is 5.69 Å². The molecule has 1 aromatic heterocycles. The average Bonchev–Trinajstić information content (AvgIpc) is 2.44. The smallest absolute Gasteiger partial charge is 0.250 e. The SMILES string of the molecule is CCCn1cc(NCc2cccc(C)c2O)ccc1=O. The number of hydrogen-bond acceptors (Lipinski definition) is 3. The highest BCUT2D eigenvalue weighted by Gasteiger charge is 2.04. The monoisotopic (exact) mass is 272 g/mol. The molecule has 2 N–H and O–H groups in total. The van der Waals surface area contributed by atoms with Crippen molar-refractivity contribution in [2.45, 2.75) is 33.4 Å². The highest BCUT2D eigenvalue weighted by atomic mass is 16.3. The lowest BCUT2D eigenvalue weighted by Crippen LogP contribution is -2.18. The molecule has 0 fully saturated rings. The third-order valence-electron chi connectivity index (χ3n) is 3.25. The van der Waals surface area contributed by atoms with Crippen molar-refractivity contribution in [3.8, 4) is 5.75 Å². The number of phenols is 1. The van der Waals surface area contributed by atoms with E-state index >= 15 is 0 Å². The van der Waals surface area contributed by atoms with E-state index in [4.69, 9.17) is 0 Å². The van der Waals surface area contributed by atoms with Crippen molar-refractivity contribution >= 4 is 5.69 Å². The maximum Gasteiger partial charge on any atom is 0.250 e. The molecule has 0 spiro atoms. The Labute approximate surface area is 118 Å². The van der Waals surface area contributed by atoms with Gasteiger partial charge in [-0.2, -0.15) is 0 Å². The van der Waals surface area contributed by atoms with Crippen LogP contribution in [-0.4, -0.2) is 9.67 Å². The highest BCUT2D eigenvalue weighted by Crippen LogP contribution is 2.22. The highest BCUT2D eigenvalue weighted by molar-refractivity contribution is 5.45. The summed E-state index contributed by atoms with van der Waals surface area (Å²) in [6, 6.07) is 9.01. The van der Waals surface area contributed by atoms with Gasteiger partial charge in [0.2, 0.25) is 0 Å². The third kappa shape index (κ3) is 3.20. The minimum atomic E-state index is 0.0100. The summed E-state index contributed by atoms with van der Waals surface area (Å²) in [4.78, 5) is 11.6. The Morgan fingerprint density at radius 3 is 2.80 bits per heavy atom. The van der Waals surface area contributed by atoms with Crippen LogP contribution in [0.3, 0.4) is 0 Å². The summed E-state index contributed by atoms with van der Waals surface area (Å²) >= 11 is 0. The van der Waals surface area contributed by atoms with Gasteiger partial charge in [-0.15, -0.1) is 0 Å². The number of aryl methyl sites for hydroxylation is 2. The zero-order valence-corrected chi connectivity index (χ0v) is 11.9. The van der Waals surface area contributed by atoms with Crippen LogP contribution in [0.5, 0.6) is 5.75 Å². The van der Waals surface area contributed by atoms with Crippen molar-refractivity contribution < 1.29 is 5.11 Å². The third-order valence-corrected chi connectivity index (χ3v) is 3.25. The molecule has 0 atom stereocenters. The van der Waals surface area contributed by atoms with Crippen LogP contribution in [0.15, 0.2) is 41.3 Å². The second kappa shape index (κ2) is 6.28. The number of aromatic nitrogens is 1. The molecule has 20 heavy (non-hydrogen) atoms. The lowest BCUT2D eigenvalue weighted by molar-refractivity contribution is 0.465. The fourth-order valence-corrected chi connectivity index (χ4v) is 2.11. The molecule has 2 aromatic rings. The Hall–Kier alpha value is -2.23. The minimum Gasteiger partial charge on any atom is -0.507 e. The van der Waals surface area contributed by atoms with Gasteiger partial charge in [-0.3, -0.25) is 4.79 Å². The molecule has 0 amide bonds. The number of pyridine rings is 1. The number of hydrogen-bond donors (Lipinski definition) is 2. The Kier molecular flexibility index (Phi) is 4.45. The predicted octanol–water partition coefficient (Wildman–Crippen LogP) is 2.88. The number of para-hydroxylation sites is 1. The lowest BCUT2D eigenvalue weighted by atomic mass is 10.1. The second-order valence-corrected chi connectivity index (χ2v) is 4.89. The van der Waals surface area contributed by atoms with Crippen molar-refractivity contribution in [1.82, 2.24) is 4.57 Å². The topological polar surface area (TPSA) is 54.3 Å². The van der Waals surface area contributed by atoms with Crippen LogP contribution in [0.1, 0.15) is 24.5 Å². The molecule has 106 valence electrons. The van der Waals surface area contributed by atoms with Crippen LogP contribution in [0.25, 0.3) is 0 Å². The quantitative estimate of drug-likeness (QED) is 0.880. The molecule has 0 saturated heterocycles. The van der Waals surface area contributed by atoms with Crippen LogP contribution in [0, 0.1) is 6.92 Å². The Balaban J connectivity index is 2.13. The standard InChI is InChI=1S/C16H20N2O2/c1-3-9-18-11-14(7-8-15(18)19)17-10-13-6-4-5-12(2)16(13)20/h4-8,11,17,20H,3,9-10H2,1-2H3. The zero-order chi connectivity index (χ0) is 14.5. The zero-order valence-electron chi connectivity index (χ0n) is 11.9. The summed E-state index contributed by atoms with van der Waals surface area (Å²) in [7, 11) is 0. The van der Waals surface area contributed by atoms with Crippen molar-refractivity contribution in [3.63, 3.8) is 0 Å². The van der Waals surface area contributed by atoms with Crippen molar-refractivity contribution in [3.05, 3.63) is 58.0 Å². The van der Waals surface area contributed by atoms with Gasteiger partial charge < -0.3 is 15.0 Å². The van der Waals surface area contributed by atoms with Gasteiger partial charge in [0.15, 0.2) is 0 Å². The number of anilines is 1. The molecule has 0 aliphatic carbocycles. The first-order valence-corrected chi connectivity index (χ1v) is 6.83. The molecule has 0 aliphatic rings. The summed E-state index contributed by atoms with van der Waals surface area (Å²) in [6.45, 7) is 5.15. The molecule has 1 heterocycles. The van der Waals surface area contributed by atoms with E-state index in [1.54, 1.807) is 16.7 Å². The first-order valence-electron chi connectivity index (χ1n) is 6.83. The molecule has 4 heteroatoms. The van der Waals surface area contributed by atoms with Gasteiger partial charge in [-0.1, -0.05) is 25.1 Å². The van der Waals surface area contributed by atoms with E-state index < -0.39 is 0 Å². The first kappa shape index (κ1) is 14.2. The van der Waals surface area contributed by atoms with Crippen LogP contribution >= 0.6 is 0 Å². The Bertz CT molecular complexity index is 647. The van der Waals surface area contributed by atoms with Crippen LogP contribution in [-0.2, 0) is 13.1 Å². The van der Waals surface area contributed by atoms with E-state index in [-0.39, 0.29) is 5.56 Å². The number of nitrogens with one attached hydrogen (secondary N) is 1. The predicted molar refractivity (Wildman–Crippen MR) is 81.2 cm³/mol. The normalized spacial score (nSPS) is 10.5. The van der Waals surface area contributed by atoms with Gasteiger partial charge in [0, 0.05) is 30.9 Å². The largest absolute Gasteiger partial charge is 0.507 e. The number of phenolic OH excluding ortho intramolecular Hbond substituents is 1. The Morgan fingerprint density at radius 2 is 2.05 bits per heavy atom. The van der Waals surface area contributed by atoms with Gasteiger partial charge in [0.05, 0.1) is 5.69 Å². The van der Waals surface area contributed by atoms with E-state index in [1.807, 2.05) is 38.2 Å². The van der Waals surface area contributed by atoms with E-state index in [0.717, 1.165) is 23.2 Å². The van der Waals surface area contributed by atoms with E-state index in [9.17, 15) is 9.90 Å². The molecule has 0 aliphatic heterocycles. The fraction of sp³-hybridized carbons (Fsp3) is 0.312. The van der Waals surface area contributed by atoms with Gasteiger partial charge in [0.25, 0.3) is 5.56 Å². The summed E-state index contributed by atoms with van der Waals surface area (Å²) < 4.78 is 1.69. The molecular weight excluding hydrogens is 252 g/mol. The van der Waals surface area contributed by atoms with E-state index in [1.165, 1.54) is 0 Å². The molecule has 2 rings (SSSR count). The van der Waals surface area contributed by atoms with Crippen molar-refractivity contribution in [1.29, 1.82) is 0 Å². The van der Waals surface area contributed by atoms with Crippen LogP contribution < -0.4 is 10.9 Å². The lowest BCUT2D eigenvalue weighted by Gasteiger charge is -2.11. The molecule has 0 bridgehead atoms. The van der Waals surface area contributed by atoms with Gasteiger partial charge in [-0.05, 0) is 25.0 Å². The summed E-state index contributed by atoms with van der Waals surface area (Å²) in [5.74, 6) is 0.321. The summed E-state index contributed by atoms with van der Waals surface area (Å²) in [6.07, 6.45) is 2.74. The van der Waals surface area contributed by atoms with Gasteiger partial charge >= 0.3 is 0 Å². The van der Waals surface area contributed by atoms with Crippen molar-refractivity contribution in [2.24, 2.45) is 0 Å². The molecule has 0 saturated carbocycles. The maximum atomic E-state index is 11.6. The van der Waals surface area contributed by atoms with E-state index in [2.05, 4.69) is 5.32 Å². The van der Waals surface area contributed by atoms with Crippen molar-refractivity contribution in [2.75, 3.05) is 5.32 Å². The van der Waals surface area contributed by atoms with Gasteiger partial charge in [0.1, 0.15) is 5.75 Å². The summed E-state index contributed by atoms with van der Waals surface area (Å²) in [5.41, 5.74) is 2.59. The maximum absolute atomic E-state index is 11.6. The molecule has 1 aromatic carbocycles. The fourth-order valence-electron chi connectivity index (χ4n) is 2.11. The van der Waals surface area contributed by atoms with E-state index in [0.29, 0.717) is 18.8 Å².